The van der Waals surface area contributed by atoms with Crippen LogP contribution in [0.3, 0.4) is 0 Å². The Hall–Kier alpha value is -0.530. The predicted octanol–water partition coefficient (Wildman–Crippen LogP) is 15.1. The van der Waals surface area contributed by atoms with Gasteiger partial charge in [0.15, 0.2) is 0 Å². The van der Waals surface area contributed by atoms with E-state index in [0.29, 0.717) is 39.4 Å². The molecule has 0 aliphatic heterocycles. The van der Waals surface area contributed by atoms with Crippen LogP contribution in [0, 0.1) is 56.2 Å². The van der Waals surface area contributed by atoms with Crippen molar-refractivity contribution in [2.24, 2.45) is 56.2 Å². The van der Waals surface area contributed by atoms with E-state index in [1.807, 2.05) is 0 Å². The highest BCUT2D eigenvalue weighted by Gasteiger charge is 2.71. The van der Waals surface area contributed by atoms with Crippen LogP contribution < -0.4 is 0 Å². The molecule has 0 bridgehead atoms. The number of carbonyl (C=O) groups excluding carboxylic acids is 1. The summed E-state index contributed by atoms with van der Waals surface area (Å²) in [6, 6.07) is 0. The third-order valence-electron chi connectivity index (χ3n) is 18.2. The van der Waals surface area contributed by atoms with Crippen LogP contribution in [0.25, 0.3) is 0 Å². The molecule has 2 nitrogen and oxygen atoms in total. The van der Waals surface area contributed by atoms with Gasteiger partial charge in [-0.2, -0.15) is 0 Å². The molecule has 0 saturated heterocycles. The Morgan fingerprint density at radius 2 is 1.06 bits per heavy atom. The molecule has 0 aromatic carbocycles. The molecule has 5 saturated carbocycles. The van der Waals surface area contributed by atoms with Crippen LogP contribution in [0.4, 0.5) is 0 Å². The largest absolute Gasteiger partial charge is 0.462 e. The van der Waals surface area contributed by atoms with Gasteiger partial charge in [-0.05, 0) is 133 Å². The highest BCUT2D eigenvalue weighted by molar-refractivity contribution is 5.69. The standard InChI is InChI=1S/C48H86O2/c1-10-11-12-13-14-15-16-17-18-19-20-21-22-23-24-25-42(49)50-38-26-27-39-45(6,37(38)2)29-28-40-46(39,7)33-35-48(9)41-36-43(3,4)30-31-44(41,5)32-34-47(40,48)8/h37-41H,10-36H2,1-9H3/t37-,38+,39+,40-,41+,44+,45+,46-,47+,48-/m0/s1. The van der Waals surface area contributed by atoms with Crippen molar-refractivity contribution >= 4 is 5.97 Å². The highest BCUT2D eigenvalue weighted by Crippen LogP contribution is 2.78. The first-order valence-electron chi connectivity index (χ1n) is 22.8. The summed E-state index contributed by atoms with van der Waals surface area (Å²) in [5.74, 6) is 3.00. The summed E-state index contributed by atoms with van der Waals surface area (Å²) in [5, 5.41) is 0. The van der Waals surface area contributed by atoms with Crippen LogP contribution in [0.15, 0.2) is 0 Å². The summed E-state index contributed by atoms with van der Waals surface area (Å²) in [6.07, 6.45) is 36.2. The van der Waals surface area contributed by atoms with E-state index in [4.69, 9.17) is 4.74 Å². The second-order valence-corrected chi connectivity index (χ2v) is 21.7. The summed E-state index contributed by atoms with van der Waals surface area (Å²) in [6.45, 7) is 23.5. The third kappa shape index (κ3) is 8.10. The molecule has 50 heavy (non-hydrogen) atoms. The predicted molar refractivity (Wildman–Crippen MR) is 214 cm³/mol. The Kier molecular flexibility index (Phi) is 13.4. The summed E-state index contributed by atoms with van der Waals surface area (Å²) >= 11 is 0. The second kappa shape index (κ2) is 16.5. The van der Waals surface area contributed by atoms with Crippen LogP contribution in [0.5, 0.6) is 0 Å². The number of ether oxygens (including phenoxy) is 1. The molecule has 10 atom stereocenters. The molecule has 0 heterocycles. The quantitative estimate of drug-likeness (QED) is 0.112. The minimum absolute atomic E-state index is 0.0834. The van der Waals surface area contributed by atoms with Gasteiger partial charge in [-0.1, -0.05) is 152 Å². The Bertz CT molecular complexity index is 1090. The van der Waals surface area contributed by atoms with E-state index < -0.39 is 0 Å². The maximum absolute atomic E-state index is 13.1. The van der Waals surface area contributed by atoms with Gasteiger partial charge in [-0.3, -0.25) is 4.79 Å². The van der Waals surface area contributed by atoms with Crippen LogP contribution in [0.2, 0.25) is 0 Å². The van der Waals surface area contributed by atoms with Gasteiger partial charge in [-0.25, -0.2) is 0 Å². The zero-order valence-corrected chi connectivity index (χ0v) is 35.3. The first-order valence-corrected chi connectivity index (χ1v) is 22.8. The molecule has 5 fully saturated rings. The number of hydrogen-bond donors (Lipinski definition) is 0. The van der Waals surface area contributed by atoms with Crippen LogP contribution in [-0.2, 0) is 9.53 Å². The van der Waals surface area contributed by atoms with E-state index in [2.05, 4.69) is 62.3 Å². The lowest BCUT2D eigenvalue weighted by molar-refractivity contribution is -0.263. The van der Waals surface area contributed by atoms with Crippen LogP contribution in [0.1, 0.15) is 236 Å². The lowest BCUT2D eigenvalue weighted by atomic mass is 9.30. The number of fused-ring (bicyclic) bond motifs is 7. The van der Waals surface area contributed by atoms with Crippen molar-refractivity contribution in [1.29, 1.82) is 0 Å². The molecule has 5 rings (SSSR count). The van der Waals surface area contributed by atoms with Crippen LogP contribution in [-0.4, -0.2) is 12.1 Å². The van der Waals surface area contributed by atoms with Gasteiger partial charge >= 0.3 is 5.97 Å². The Morgan fingerprint density at radius 3 is 1.66 bits per heavy atom. The van der Waals surface area contributed by atoms with E-state index in [1.165, 1.54) is 154 Å². The molecule has 5 aliphatic carbocycles. The molecular weight excluding hydrogens is 609 g/mol. The monoisotopic (exact) mass is 695 g/mol. The fourth-order valence-corrected chi connectivity index (χ4v) is 14.4. The molecule has 0 radical (unpaired) electrons. The maximum atomic E-state index is 13.1. The van der Waals surface area contributed by atoms with Gasteiger partial charge in [0.05, 0.1) is 0 Å². The van der Waals surface area contributed by atoms with E-state index in [9.17, 15) is 4.79 Å². The van der Waals surface area contributed by atoms with Gasteiger partial charge in [0.2, 0.25) is 0 Å². The van der Waals surface area contributed by atoms with Gasteiger partial charge in [0.1, 0.15) is 6.10 Å². The molecular formula is C48H86O2. The van der Waals surface area contributed by atoms with Crippen molar-refractivity contribution in [1.82, 2.24) is 0 Å². The Morgan fingerprint density at radius 1 is 0.540 bits per heavy atom. The third-order valence-corrected chi connectivity index (χ3v) is 18.2. The topological polar surface area (TPSA) is 26.3 Å². The van der Waals surface area contributed by atoms with Crippen molar-refractivity contribution in [2.45, 2.75) is 242 Å². The van der Waals surface area contributed by atoms with Gasteiger partial charge in [0, 0.05) is 6.42 Å². The van der Waals surface area contributed by atoms with E-state index in [0.717, 1.165) is 30.6 Å². The summed E-state index contributed by atoms with van der Waals surface area (Å²) in [7, 11) is 0. The maximum Gasteiger partial charge on any atom is 0.306 e. The number of carbonyl (C=O) groups is 1. The molecule has 5 aliphatic rings. The fraction of sp³-hybridized carbons (Fsp3) is 0.979. The van der Waals surface area contributed by atoms with E-state index in [-0.39, 0.29) is 17.5 Å². The van der Waals surface area contributed by atoms with Gasteiger partial charge < -0.3 is 4.74 Å². The highest BCUT2D eigenvalue weighted by atomic mass is 16.5. The number of unbranched alkanes of at least 4 members (excludes halogenated alkanes) is 14. The second-order valence-electron chi connectivity index (χ2n) is 21.7. The SMILES string of the molecule is CCCCCCCCCCCCCCCCCC(=O)O[C@@H]1CC[C@@H]2[C@](C)(CC[C@H]3[C@@]2(C)CC[C@@]2(C)[C@@H]4CC(C)(C)CC[C@]4(C)CC[C@]32C)[C@H]1C. The van der Waals surface area contributed by atoms with E-state index >= 15 is 0 Å². The molecule has 290 valence electrons. The fourth-order valence-electron chi connectivity index (χ4n) is 14.4. The molecule has 0 unspecified atom stereocenters. The molecule has 0 aromatic rings. The Balaban J connectivity index is 1.05. The number of hydrogen-bond acceptors (Lipinski definition) is 2. The van der Waals surface area contributed by atoms with Crippen molar-refractivity contribution in [3.63, 3.8) is 0 Å². The smallest absolute Gasteiger partial charge is 0.306 e. The van der Waals surface area contributed by atoms with Crippen molar-refractivity contribution in [2.75, 3.05) is 0 Å². The summed E-state index contributed by atoms with van der Waals surface area (Å²) < 4.78 is 6.38. The average Bonchev–Trinajstić information content (AvgIpc) is 3.07. The first kappa shape index (κ1) is 40.7. The summed E-state index contributed by atoms with van der Waals surface area (Å²) in [5.41, 5.74) is 2.64. The number of esters is 1. The first-order chi connectivity index (χ1) is 23.7. The lowest BCUT2D eigenvalue weighted by Crippen LogP contribution is -2.68. The van der Waals surface area contributed by atoms with Crippen molar-refractivity contribution in [3.05, 3.63) is 0 Å². The minimum Gasteiger partial charge on any atom is -0.462 e. The average molecular weight is 695 g/mol. The van der Waals surface area contributed by atoms with E-state index in [1.54, 1.807) is 0 Å². The van der Waals surface area contributed by atoms with Crippen molar-refractivity contribution < 1.29 is 9.53 Å². The summed E-state index contributed by atoms with van der Waals surface area (Å²) in [4.78, 5) is 13.1. The normalized spacial score (nSPS) is 42.1. The van der Waals surface area contributed by atoms with Crippen molar-refractivity contribution in [3.8, 4) is 0 Å². The molecule has 2 heteroatoms. The lowest BCUT2D eigenvalue weighted by Gasteiger charge is -2.75. The zero-order valence-electron chi connectivity index (χ0n) is 35.3. The Labute approximate surface area is 312 Å². The van der Waals surface area contributed by atoms with Gasteiger partial charge in [-0.15, -0.1) is 0 Å². The van der Waals surface area contributed by atoms with Crippen LogP contribution >= 0.6 is 0 Å². The number of rotatable bonds is 17. The van der Waals surface area contributed by atoms with Gasteiger partial charge in [0.25, 0.3) is 0 Å². The molecule has 0 amide bonds. The zero-order chi connectivity index (χ0) is 36.3. The minimum atomic E-state index is 0.0834. The molecule has 0 N–H and O–H groups in total. The molecule has 0 spiro atoms. The molecule has 0 aromatic heterocycles.